The average molecular weight is 363 g/mol. The van der Waals surface area contributed by atoms with Crippen LogP contribution in [-0.4, -0.2) is 22.4 Å². The molecular weight excluding hydrogens is 351 g/mol. The van der Waals surface area contributed by atoms with Crippen molar-refractivity contribution in [1.82, 2.24) is 4.98 Å². The molecule has 1 aromatic heterocycles. The van der Waals surface area contributed by atoms with Crippen molar-refractivity contribution in [2.45, 2.75) is 13.3 Å². The van der Waals surface area contributed by atoms with Crippen molar-refractivity contribution in [2.75, 3.05) is 0 Å². The lowest BCUT2D eigenvalue weighted by Gasteiger charge is -2.12. The van der Waals surface area contributed by atoms with Crippen LogP contribution in [0, 0.1) is 6.92 Å². The Balaban J connectivity index is 2.00. The molecule has 2 aromatic carbocycles. The molecule has 0 bridgehead atoms. The van der Waals surface area contributed by atoms with Crippen LogP contribution in [0.2, 0.25) is 0 Å². The molecular formula is C18H12F3NO4. The maximum atomic E-state index is 12.2. The molecule has 0 amide bonds. The minimum atomic E-state index is -5.17. The maximum Gasteiger partial charge on any atom is 0.575 e. The first-order valence-corrected chi connectivity index (χ1v) is 7.41. The monoisotopic (exact) mass is 363 g/mol. The second kappa shape index (κ2) is 6.55. The molecule has 5 nitrogen and oxygen atoms in total. The number of aromatic hydroxyl groups is 1. The van der Waals surface area contributed by atoms with Gasteiger partial charge in [-0.3, -0.25) is 0 Å². The summed E-state index contributed by atoms with van der Waals surface area (Å²) < 4.78 is 45.7. The number of carbonyl (C=O) groups excluding carboxylic acids is 1. The van der Waals surface area contributed by atoms with Crippen LogP contribution >= 0.6 is 0 Å². The van der Waals surface area contributed by atoms with Crippen LogP contribution < -0.4 is 4.74 Å². The van der Waals surface area contributed by atoms with Crippen LogP contribution in [0.4, 0.5) is 13.2 Å². The first-order valence-electron chi connectivity index (χ1n) is 7.41. The maximum absolute atomic E-state index is 12.2. The van der Waals surface area contributed by atoms with E-state index in [-0.39, 0.29) is 11.1 Å². The van der Waals surface area contributed by atoms with E-state index in [0.29, 0.717) is 16.9 Å². The quantitative estimate of drug-likeness (QED) is 0.682. The molecule has 26 heavy (non-hydrogen) atoms. The number of nitrogens with zero attached hydrogens (tertiary/aromatic N) is 1. The third-order valence-electron chi connectivity index (χ3n) is 3.52. The van der Waals surface area contributed by atoms with Crippen molar-refractivity contribution < 1.29 is 32.5 Å². The molecule has 0 saturated carbocycles. The number of aryl methyl sites for hydroxylation is 1. The molecule has 1 N–H and O–H groups in total. The van der Waals surface area contributed by atoms with Gasteiger partial charge in [0.15, 0.2) is 11.4 Å². The number of hydrogen-bond donors (Lipinski definition) is 1. The molecule has 8 heteroatoms. The normalized spacial score (nSPS) is 11.4. The van der Waals surface area contributed by atoms with E-state index in [1.807, 2.05) is 6.07 Å². The number of halogens is 3. The Morgan fingerprint density at radius 3 is 2.38 bits per heavy atom. The van der Waals surface area contributed by atoms with E-state index in [2.05, 4.69) is 9.72 Å². The van der Waals surface area contributed by atoms with Crippen LogP contribution in [0.15, 0.2) is 48.5 Å². The minimum Gasteiger partial charge on any atom is -0.505 e. The van der Waals surface area contributed by atoms with Crippen molar-refractivity contribution in [1.29, 1.82) is 0 Å². The van der Waals surface area contributed by atoms with Gasteiger partial charge < -0.3 is 14.6 Å². The highest BCUT2D eigenvalue weighted by Gasteiger charge is 2.36. The summed E-state index contributed by atoms with van der Waals surface area (Å²) in [6, 6.07) is 13.5. The molecule has 1 heterocycles. The molecule has 0 atom stereocenters. The first kappa shape index (κ1) is 17.5. The van der Waals surface area contributed by atoms with Gasteiger partial charge >= 0.3 is 12.3 Å². The first-order chi connectivity index (χ1) is 12.2. The van der Waals surface area contributed by atoms with Gasteiger partial charge in [0.25, 0.3) is 0 Å². The highest BCUT2D eigenvalue weighted by Crippen LogP contribution is 2.34. The van der Waals surface area contributed by atoms with Crippen molar-refractivity contribution in [3.63, 3.8) is 0 Å². The molecule has 134 valence electrons. The molecule has 0 fully saturated rings. The zero-order valence-electron chi connectivity index (χ0n) is 13.4. The molecule has 0 spiro atoms. The molecule has 0 aliphatic carbocycles. The molecule has 0 saturated heterocycles. The largest absolute Gasteiger partial charge is 0.575 e. The van der Waals surface area contributed by atoms with Gasteiger partial charge in [0.1, 0.15) is 11.5 Å². The summed E-state index contributed by atoms with van der Waals surface area (Å²) in [4.78, 5) is 15.3. The lowest BCUT2D eigenvalue weighted by molar-refractivity contribution is -0.292. The summed E-state index contributed by atoms with van der Waals surface area (Å²) >= 11 is 0. The van der Waals surface area contributed by atoms with E-state index in [1.54, 1.807) is 30.3 Å². The van der Waals surface area contributed by atoms with E-state index in [1.165, 1.54) is 19.1 Å². The Kier molecular flexibility index (Phi) is 4.41. The van der Waals surface area contributed by atoms with Gasteiger partial charge in [0, 0.05) is 16.5 Å². The van der Waals surface area contributed by atoms with E-state index in [0.717, 1.165) is 0 Å². The fourth-order valence-corrected chi connectivity index (χ4v) is 2.42. The molecule has 0 unspecified atom stereocenters. The fourth-order valence-electron chi connectivity index (χ4n) is 2.42. The Hall–Kier alpha value is -3.29. The van der Waals surface area contributed by atoms with Gasteiger partial charge in [0.05, 0.1) is 0 Å². The van der Waals surface area contributed by atoms with E-state index in [4.69, 9.17) is 4.74 Å². The second-order valence-electron chi connectivity index (χ2n) is 5.35. The van der Waals surface area contributed by atoms with Gasteiger partial charge in [-0.25, -0.2) is 9.78 Å². The van der Waals surface area contributed by atoms with Crippen molar-refractivity contribution >= 4 is 16.7 Å². The summed E-state index contributed by atoms with van der Waals surface area (Å²) in [5.74, 6) is -1.43. The van der Waals surface area contributed by atoms with Crippen molar-refractivity contribution in [2.24, 2.45) is 0 Å². The number of aromatic nitrogens is 1. The van der Waals surface area contributed by atoms with Crippen LogP contribution in [0.3, 0.4) is 0 Å². The lowest BCUT2D eigenvalue weighted by Crippen LogP contribution is -2.20. The van der Waals surface area contributed by atoms with Crippen LogP contribution in [-0.2, 0) is 4.74 Å². The summed E-state index contributed by atoms with van der Waals surface area (Å²) in [5, 5.41) is 10.7. The standard InChI is InChI=1S/C18H12F3NO4/c1-10-14-9-12(25-11-5-3-2-4-6-11)7-8-13(14)16(23)15(22-10)17(24)26-18(19,20)21/h2-9,23H,1H3. The average Bonchev–Trinajstić information content (AvgIpc) is 2.57. The molecule has 0 radical (unpaired) electrons. The number of rotatable bonds is 3. The van der Waals surface area contributed by atoms with Gasteiger partial charge in [-0.2, -0.15) is 0 Å². The fraction of sp³-hybridized carbons (Fsp3) is 0.111. The van der Waals surface area contributed by atoms with Crippen molar-refractivity contribution in [3.8, 4) is 17.2 Å². The number of ether oxygens (including phenoxy) is 2. The Morgan fingerprint density at radius 1 is 1.04 bits per heavy atom. The molecule has 0 aliphatic heterocycles. The van der Waals surface area contributed by atoms with Crippen molar-refractivity contribution in [3.05, 3.63) is 59.9 Å². The number of hydrogen-bond acceptors (Lipinski definition) is 5. The third-order valence-corrected chi connectivity index (χ3v) is 3.52. The number of pyridine rings is 1. The van der Waals surface area contributed by atoms with Gasteiger partial charge in [0.2, 0.25) is 0 Å². The zero-order valence-corrected chi connectivity index (χ0v) is 13.4. The number of fused-ring (bicyclic) bond motifs is 1. The summed E-state index contributed by atoms with van der Waals surface area (Å²) in [6.07, 6.45) is -5.17. The number of carbonyl (C=O) groups is 1. The lowest BCUT2D eigenvalue weighted by atomic mass is 10.1. The van der Waals surface area contributed by atoms with Crippen LogP contribution in [0.5, 0.6) is 17.2 Å². The smallest absolute Gasteiger partial charge is 0.505 e. The van der Waals surface area contributed by atoms with E-state index >= 15 is 0 Å². The third kappa shape index (κ3) is 3.69. The summed E-state index contributed by atoms with van der Waals surface area (Å²) in [7, 11) is 0. The topological polar surface area (TPSA) is 68.7 Å². The van der Waals surface area contributed by atoms with Gasteiger partial charge in [-0.1, -0.05) is 18.2 Å². The molecule has 3 aromatic rings. The number of esters is 1. The zero-order chi connectivity index (χ0) is 18.9. The van der Waals surface area contributed by atoms with Crippen LogP contribution in [0.25, 0.3) is 10.8 Å². The summed E-state index contributed by atoms with van der Waals surface area (Å²) in [5.41, 5.74) is -0.561. The van der Waals surface area contributed by atoms with E-state index < -0.39 is 23.8 Å². The molecule has 3 rings (SSSR count). The Bertz CT molecular complexity index is 972. The Labute approximate surface area is 145 Å². The highest BCUT2D eigenvalue weighted by atomic mass is 19.4. The predicted molar refractivity (Wildman–Crippen MR) is 86.1 cm³/mol. The van der Waals surface area contributed by atoms with Crippen LogP contribution in [0.1, 0.15) is 16.2 Å². The van der Waals surface area contributed by atoms with E-state index in [9.17, 15) is 23.1 Å². The SMILES string of the molecule is Cc1nc(C(=O)OC(F)(F)F)c(O)c2ccc(Oc3ccccc3)cc12. The van der Waals surface area contributed by atoms with Gasteiger partial charge in [-0.15, -0.1) is 13.2 Å². The van der Waals surface area contributed by atoms with Gasteiger partial charge in [-0.05, 0) is 37.3 Å². The molecule has 0 aliphatic rings. The minimum absolute atomic E-state index is 0.159. The number of benzene rings is 2. The Morgan fingerprint density at radius 2 is 1.73 bits per heavy atom. The number of para-hydroxylation sites is 1. The summed E-state index contributed by atoms with van der Waals surface area (Å²) in [6.45, 7) is 1.50. The number of alkyl halides is 3. The predicted octanol–water partition coefficient (Wildman–Crippen LogP) is 4.72. The highest BCUT2D eigenvalue weighted by molar-refractivity contribution is 6.00. The second-order valence-corrected chi connectivity index (χ2v) is 5.35.